The minimum absolute atomic E-state index is 0.206. The van der Waals surface area contributed by atoms with Crippen LogP contribution in [0.25, 0.3) is 6.08 Å². The lowest BCUT2D eigenvalue weighted by molar-refractivity contribution is -0.150. The summed E-state index contributed by atoms with van der Waals surface area (Å²) in [4.78, 5) is 48.7. The molecule has 7 nitrogen and oxygen atoms in total. The van der Waals surface area contributed by atoms with Crippen LogP contribution >= 0.6 is 11.8 Å². The van der Waals surface area contributed by atoms with E-state index in [2.05, 4.69) is 4.74 Å². The third kappa shape index (κ3) is 4.72. The fraction of sp³-hybridized carbons (Fsp3) is 0.333. The SMILES string of the molecule is CC[C@@H](C)OC(=O)CN1C(=O)S/C(=C/c2ccc(C(=O)OC)cc2)C1=O. The highest BCUT2D eigenvalue weighted by atomic mass is 32.2. The third-order valence-electron chi connectivity index (χ3n) is 3.70. The zero-order valence-corrected chi connectivity index (χ0v) is 15.5. The molecule has 26 heavy (non-hydrogen) atoms. The molecule has 0 N–H and O–H groups in total. The van der Waals surface area contributed by atoms with Gasteiger partial charge in [0.2, 0.25) is 0 Å². The zero-order valence-electron chi connectivity index (χ0n) is 14.7. The van der Waals surface area contributed by atoms with Crippen LogP contribution in [0.5, 0.6) is 0 Å². The molecule has 2 amide bonds. The highest BCUT2D eigenvalue weighted by molar-refractivity contribution is 8.18. The molecule has 2 rings (SSSR count). The zero-order chi connectivity index (χ0) is 19.3. The van der Waals surface area contributed by atoms with Gasteiger partial charge in [0.05, 0.1) is 23.7 Å². The van der Waals surface area contributed by atoms with Crippen LogP contribution in [-0.4, -0.2) is 47.7 Å². The van der Waals surface area contributed by atoms with Crippen molar-refractivity contribution in [2.24, 2.45) is 0 Å². The van der Waals surface area contributed by atoms with E-state index in [4.69, 9.17) is 4.74 Å². The Bertz CT molecular complexity index is 755. The normalized spacial score (nSPS) is 16.7. The van der Waals surface area contributed by atoms with E-state index in [1.807, 2.05) is 6.92 Å². The number of thioether (sulfide) groups is 1. The molecule has 8 heteroatoms. The molecule has 1 heterocycles. The molecule has 1 aromatic carbocycles. The molecule has 0 unspecified atom stereocenters. The lowest BCUT2D eigenvalue weighted by atomic mass is 10.1. The summed E-state index contributed by atoms with van der Waals surface area (Å²) in [6.07, 6.45) is 1.91. The van der Waals surface area contributed by atoms with Crippen molar-refractivity contribution in [1.82, 2.24) is 4.90 Å². The molecule has 0 aromatic heterocycles. The van der Waals surface area contributed by atoms with Crippen LogP contribution in [0, 0.1) is 0 Å². The molecular weight excluding hydrogens is 358 g/mol. The van der Waals surface area contributed by atoms with Crippen molar-refractivity contribution in [3.8, 4) is 0 Å². The van der Waals surface area contributed by atoms with E-state index < -0.39 is 29.6 Å². The smallest absolute Gasteiger partial charge is 0.337 e. The summed E-state index contributed by atoms with van der Waals surface area (Å²) in [5.41, 5.74) is 1.02. The van der Waals surface area contributed by atoms with E-state index in [-0.39, 0.29) is 11.0 Å². The lowest BCUT2D eigenvalue weighted by Gasteiger charge is -2.14. The summed E-state index contributed by atoms with van der Waals surface area (Å²) >= 11 is 0.757. The molecule has 0 radical (unpaired) electrons. The van der Waals surface area contributed by atoms with Crippen molar-refractivity contribution in [3.63, 3.8) is 0 Å². The Kier molecular flexibility index (Phi) is 6.57. The first-order valence-electron chi connectivity index (χ1n) is 7.99. The number of ether oxygens (including phenoxy) is 2. The topological polar surface area (TPSA) is 90.0 Å². The summed E-state index contributed by atoms with van der Waals surface area (Å²) in [5, 5.41) is -0.520. The summed E-state index contributed by atoms with van der Waals surface area (Å²) in [5.74, 6) is -1.62. The number of benzene rings is 1. The summed E-state index contributed by atoms with van der Waals surface area (Å²) in [6, 6.07) is 6.39. The Morgan fingerprint density at radius 1 is 1.23 bits per heavy atom. The van der Waals surface area contributed by atoms with Gasteiger partial charge in [-0.1, -0.05) is 19.1 Å². The van der Waals surface area contributed by atoms with Crippen LogP contribution in [0.1, 0.15) is 36.2 Å². The molecule has 138 valence electrons. The maximum atomic E-state index is 12.4. The number of amides is 2. The van der Waals surface area contributed by atoms with E-state index in [9.17, 15) is 19.2 Å². The van der Waals surface area contributed by atoms with Crippen LogP contribution in [0.4, 0.5) is 4.79 Å². The molecule has 1 aliphatic rings. The number of rotatable bonds is 6. The van der Waals surface area contributed by atoms with Crippen LogP contribution < -0.4 is 0 Å². The average Bonchev–Trinajstić information content (AvgIpc) is 2.88. The van der Waals surface area contributed by atoms with Gasteiger partial charge in [-0.3, -0.25) is 19.3 Å². The van der Waals surface area contributed by atoms with Gasteiger partial charge < -0.3 is 9.47 Å². The molecule has 1 aromatic rings. The maximum Gasteiger partial charge on any atom is 0.337 e. The van der Waals surface area contributed by atoms with Gasteiger partial charge in [0, 0.05) is 0 Å². The van der Waals surface area contributed by atoms with Crippen LogP contribution in [0.2, 0.25) is 0 Å². The summed E-state index contributed by atoms with van der Waals surface area (Å²) in [7, 11) is 1.29. The van der Waals surface area contributed by atoms with E-state index in [0.717, 1.165) is 16.7 Å². The first kappa shape index (κ1) is 19.7. The van der Waals surface area contributed by atoms with Crippen molar-refractivity contribution in [1.29, 1.82) is 0 Å². The standard InChI is InChI=1S/C18H19NO6S/c1-4-11(2)25-15(20)10-19-16(21)14(26-18(19)23)9-12-5-7-13(8-6-12)17(22)24-3/h5-9,11H,4,10H2,1-3H3/b14-9+/t11-/m1/s1. The van der Waals surface area contributed by atoms with E-state index >= 15 is 0 Å². The van der Waals surface area contributed by atoms with Crippen LogP contribution in [0.15, 0.2) is 29.2 Å². The Labute approximate surface area is 155 Å². The Morgan fingerprint density at radius 2 is 1.88 bits per heavy atom. The predicted octanol–water partition coefficient (Wildman–Crippen LogP) is 2.85. The first-order valence-corrected chi connectivity index (χ1v) is 8.80. The number of imide groups is 1. The van der Waals surface area contributed by atoms with Gasteiger partial charge >= 0.3 is 11.9 Å². The van der Waals surface area contributed by atoms with Crippen molar-refractivity contribution < 1.29 is 28.7 Å². The fourth-order valence-electron chi connectivity index (χ4n) is 2.10. The highest BCUT2D eigenvalue weighted by Gasteiger charge is 2.36. The summed E-state index contributed by atoms with van der Waals surface area (Å²) < 4.78 is 9.72. The molecule has 1 aliphatic heterocycles. The molecular formula is C18H19NO6S. The van der Waals surface area contributed by atoms with Gasteiger partial charge in [-0.25, -0.2) is 4.79 Å². The molecule has 0 bridgehead atoms. The van der Waals surface area contributed by atoms with Gasteiger partial charge in [0.15, 0.2) is 0 Å². The largest absolute Gasteiger partial charge is 0.465 e. The monoisotopic (exact) mass is 377 g/mol. The van der Waals surface area contributed by atoms with Gasteiger partial charge in [-0.2, -0.15) is 0 Å². The second kappa shape index (κ2) is 8.66. The van der Waals surface area contributed by atoms with Crippen molar-refractivity contribution in [3.05, 3.63) is 40.3 Å². The van der Waals surface area contributed by atoms with E-state index in [1.54, 1.807) is 31.2 Å². The number of carbonyl (C=O) groups is 4. The molecule has 0 spiro atoms. The molecule has 1 saturated heterocycles. The van der Waals surface area contributed by atoms with Gasteiger partial charge in [0.1, 0.15) is 6.54 Å². The second-order valence-electron chi connectivity index (χ2n) is 5.59. The number of hydrogen-bond donors (Lipinski definition) is 0. The second-order valence-corrected chi connectivity index (χ2v) is 6.58. The lowest BCUT2D eigenvalue weighted by Crippen LogP contribution is -2.35. The minimum atomic E-state index is -0.620. The number of carbonyl (C=O) groups excluding carboxylic acids is 4. The minimum Gasteiger partial charge on any atom is -0.465 e. The van der Waals surface area contributed by atoms with Crippen LogP contribution in [0.3, 0.4) is 0 Å². The number of hydrogen-bond acceptors (Lipinski definition) is 7. The van der Waals surface area contributed by atoms with Gasteiger partial charge in [-0.05, 0) is 48.9 Å². The van der Waals surface area contributed by atoms with Crippen molar-refractivity contribution >= 4 is 40.9 Å². The average molecular weight is 377 g/mol. The molecule has 0 saturated carbocycles. The highest BCUT2D eigenvalue weighted by Crippen LogP contribution is 2.32. The van der Waals surface area contributed by atoms with Crippen molar-refractivity contribution in [2.45, 2.75) is 26.4 Å². The van der Waals surface area contributed by atoms with Crippen LogP contribution in [-0.2, 0) is 19.1 Å². The Morgan fingerprint density at radius 3 is 2.46 bits per heavy atom. The molecule has 1 atom stereocenters. The third-order valence-corrected chi connectivity index (χ3v) is 4.61. The van der Waals surface area contributed by atoms with E-state index in [1.165, 1.54) is 13.2 Å². The maximum absolute atomic E-state index is 12.4. The number of nitrogens with zero attached hydrogens (tertiary/aromatic N) is 1. The van der Waals surface area contributed by atoms with Gasteiger partial charge in [0.25, 0.3) is 11.1 Å². The Balaban J connectivity index is 2.08. The predicted molar refractivity (Wildman–Crippen MR) is 96.3 cm³/mol. The summed E-state index contributed by atoms with van der Waals surface area (Å²) in [6.45, 7) is 3.20. The molecule has 0 aliphatic carbocycles. The number of esters is 2. The van der Waals surface area contributed by atoms with Crippen molar-refractivity contribution in [2.75, 3.05) is 13.7 Å². The van der Waals surface area contributed by atoms with E-state index in [0.29, 0.717) is 17.5 Å². The Hall–Kier alpha value is -2.61. The quantitative estimate of drug-likeness (QED) is 0.556. The number of methoxy groups -OCH3 is 1. The molecule has 1 fully saturated rings. The fourth-order valence-corrected chi connectivity index (χ4v) is 2.93. The first-order chi connectivity index (χ1) is 12.3. The van der Waals surface area contributed by atoms with Gasteiger partial charge in [-0.15, -0.1) is 0 Å².